The van der Waals surface area contributed by atoms with Crippen molar-refractivity contribution in [2.45, 2.75) is 46.7 Å². The van der Waals surface area contributed by atoms with Gasteiger partial charge in [-0.1, -0.05) is 65.0 Å². The van der Waals surface area contributed by atoms with Gasteiger partial charge in [0, 0.05) is 18.6 Å². The lowest BCUT2D eigenvalue weighted by atomic mass is 9.87. The van der Waals surface area contributed by atoms with Gasteiger partial charge in [0.25, 0.3) is 0 Å². The van der Waals surface area contributed by atoms with Gasteiger partial charge in [-0.2, -0.15) is 0 Å². The second-order valence-electron chi connectivity index (χ2n) is 7.39. The highest BCUT2D eigenvalue weighted by atomic mass is 15.2. The summed E-state index contributed by atoms with van der Waals surface area (Å²) < 4.78 is 0. The lowest BCUT2D eigenvalue weighted by Crippen LogP contribution is -2.47. The van der Waals surface area contributed by atoms with Crippen LogP contribution in [0.4, 0.5) is 0 Å². The van der Waals surface area contributed by atoms with Crippen LogP contribution in [0.3, 0.4) is 0 Å². The number of rotatable bonds is 6. The molecule has 1 aromatic rings. The van der Waals surface area contributed by atoms with Gasteiger partial charge in [0.05, 0.1) is 0 Å². The largest absolute Gasteiger partial charge is 0.312 e. The average molecular weight is 276 g/mol. The predicted octanol–water partition coefficient (Wildman–Crippen LogP) is 3.95. The molecule has 0 saturated heterocycles. The first kappa shape index (κ1) is 17.2. The van der Waals surface area contributed by atoms with Crippen molar-refractivity contribution in [1.29, 1.82) is 0 Å². The number of hydrogen-bond acceptors (Lipinski definition) is 2. The van der Waals surface area contributed by atoms with E-state index in [4.69, 9.17) is 0 Å². The summed E-state index contributed by atoms with van der Waals surface area (Å²) >= 11 is 0. The molecule has 1 rings (SSSR count). The van der Waals surface area contributed by atoms with Crippen molar-refractivity contribution >= 4 is 0 Å². The zero-order valence-electron chi connectivity index (χ0n) is 14.3. The van der Waals surface area contributed by atoms with E-state index in [2.05, 4.69) is 89.3 Å². The molecule has 1 aromatic carbocycles. The summed E-state index contributed by atoms with van der Waals surface area (Å²) in [4.78, 5) is 2.51. The molecule has 0 heterocycles. The molecule has 0 spiro atoms. The molecule has 20 heavy (non-hydrogen) atoms. The van der Waals surface area contributed by atoms with Gasteiger partial charge in [-0.25, -0.2) is 0 Å². The van der Waals surface area contributed by atoms with E-state index in [0.717, 1.165) is 6.54 Å². The third-order valence-electron chi connectivity index (χ3n) is 3.73. The Morgan fingerprint density at radius 2 is 1.65 bits per heavy atom. The molecule has 0 fully saturated rings. The number of nitrogens with one attached hydrogen (secondary N) is 1. The van der Waals surface area contributed by atoms with Gasteiger partial charge in [0.15, 0.2) is 0 Å². The van der Waals surface area contributed by atoms with Crippen LogP contribution in [0.5, 0.6) is 0 Å². The zero-order valence-corrected chi connectivity index (χ0v) is 14.3. The maximum absolute atomic E-state index is 3.52. The molecular formula is C18H32N2. The molecule has 2 nitrogen and oxygen atoms in total. The fraction of sp³-hybridized carbons (Fsp3) is 0.667. The first-order valence-electron chi connectivity index (χ1n) is 7.68. The topological polar surface area (TPSA) is 15.3 Å². The van der Waals surface area contributed by atoms with E-state index >= 15 is 0 Å². The maximum Gasteiger partial charge on any atom is 0.0478 e. The van der Waals surface area contributed by atoms with E-state index in [-0.39, 0.29) is 0 Å². The summed E-state index contributed by atoms with van der Waals surface area (Å²) in [5, 5.41) is 3.52. The fourth-order valence-corrected chi connectivity index (χ4v) is 3.20. The van der Waals surface area contributed by atoms with Gasteiger partial charge in [0.2, 0.25) is 0 Å². The van der Waals surface area contributed by atoms with Gasteiger partial charge in [-0.05, 0) is 31.0 Å². The summed E-state index contributed by atoms with van der Waals surface area (Å²) in [5.41, 5.74) is 1.69. The Morgan fingerprint density at radius 3 is 2.05 bits per heavy atom. The van der Waals surface area contributed by atoms with Gasteiger partial charge < -0.3 is 10.2 Å². The lowest BCUT2D eigenvalue weighted by Gasteiger charge is -2.40. The number of likely N-dealkylation sites (N-methyl/N-ethyl adjacent to an activating group) is 2. The smallest absolute Gasteiger partial charge is 0.0478 e. The van der Waals surface area contributed by atoms with E-state index in [1.807, 2.05) is 0 Å². The molecule has 2 unspecified atom stereocenters. The summed E-state index contributed by atoms with van der Waals surface area (Å²) in [5.74, 6) is 0.597. The van der Waals surface area contributed by atoms with Crippen LogP contribution >= 0.6 is 0 Å². The van der Waals surface area contributed by atoms with Crippen LogP contribution < -0.4 is 5.32 Å². The highest BCUT2D eigenvalue weighted by Gasteiger charge is 2.30. The second-order valence-corrected chi connectivity index (χ2v) is 7.39. The van der Waals surface area contributed by atoms with Crippen LogP contribution in [-0.4, -0.2) is 31.6 Å². The van der Waals surface area contributed by atoms with Crippen molar-refractivity contribution in [2.24, 2.45) is 11.3 Å². The summed E-state index contributed by atoms with van der Waals surface area (Å²) in [6.07, 6.45) is 0. The van der Waals surface area contributed by atoms with Gasteiger partial charge in [-0.15, -0.1) is 0 Å². The Labute approximate surface area is 125 Å². The third-order valence-corrected chi connectivity index (χ3v) is 3.73. The minimum atomic E-state index is 0.316. The molecular weight excluding hydrogens is 244 g/mol. The Kier molecular flexibility index (Phi) is 6.22. The molecule has 0 aromatic heterocycles. The van der Waals surface area contributed by atoms with Crippen LogP contribution in [0.25, 0.3) is 0 Å². The highest BCUT2D eigenvalue weighted by Crippen LogP contribution is 2.28. The first-order chi connectivity index (χ1) is 9.26. The van der Waals surface area contributed by atoms with Gasteiger partial charge >= 0.3 is 0 Å². The molecule has 2 heteroatoms. The molecule has 0 aliphatic rings. The van der Waals surface area contributed by atoms with Crippen LogP contribution in [0.15, 0.2) is 30.3 Å². The molecule has 2 atom stereocenters. The Morgan fingerprint density at radius 1 is 1.10 bits per heavy atom. The standard InChI is InChI=1S/C18H32N2/c1-14(2)17(20(7)13-18(3,4)5)16(19-6)15-11-9-8-10-12-15/h8-12,14,16-17,19H,13H2,1-7H3. The molecule has 1 N–H and O–H groups in total. The van der Waals surface area contributed by atoms with Crippen molar-refractivity contribution in [3.8, 4) is 0 Å². The molecule has 0 bridgehead atoms. The third kappa shape index (κ3) is 4.92. The van der Waals surface area contributed by atoms with Crippen molar-refractivity contribution in [1.82, 2.24) is 10.2 Å². The normalized spacial score (nSPS) is 15.7. The molecule has 0 radical (unpaired) electrons. The van der Waals surface area contributed by atoms with E-state index in [0.29, 0.717) is 23.4 Å². The molecule has 0 saturated carbocycles. The minimum Gasteiger partial charge on any atom is -0.312 e. The minimum absolute atomic E-state index is 0.316. The van der Waals surface area contributed by atoms with Crippen molar-refractivity contribution in [3.63, 3.8) is 0 Å². The summed E-state index contributed by atoms with van der Waals surface area (Å²) in [7, 11) is 4.32. The Balaban J connectivity index is 2.99. The fourth-order valence-electron chi connectivity index (χ4n) is 3.20. The van der Waals surface area contributed by atoms with Crippen LogP contribution in [-0.2, 0) is 0 Å². The maximum atomic E-state index is 3.52. The van der Waals surface area contributed by atoms with Crippen LogP contribution in [0, 0.1) is 11.3 Å². The zero-order chi connectivity index (χ0) is 15.3. The summed E-state index contributed by atoms with van der Waals surface area (Å²) in [6, 6.07) is 11.6. The lowest BCUT2D eigenvalue weighted by molar-refractivity contribution is 0.110. The second kappa shape index (κ2) is 7.24. The monoisotopic (exact) mass is 276 g/mol. The molecule has 0 amide bonds. The van der Waals surface area contributed by atoms with Gasteiger partial charge in [0.1, 0.15) is 0 Å². The quantitative estimate of drug-likeness (QED) is 0.846. The van der Waals surface area contributed by atoms with E-state index in [9.17, 15) is 0 Å². The van der Waals surface area contributed by atoms with E-state index < -0.39 is 0 Å². The average Bonchev–Trinajstić information content (AvgIpc) is 2.33. The van der Waals surface area contributed by atoms with Gasteiger partial charge in [-0.3, -0.25) is 0 Å². The number of hydrogen-bond donors (Lipinski definition) is 1. The Bertz CT molecular complexity index is 378. The highest BCUT2D eigenvalue weighted by molar-refractivity contribution is 5.21. The van der Waals surface area contributed by atoms with Crippen molar-refractivity contribution < 1.29 is 0 Å². The summed E-state index contributed by atoms with van der Waals surface area (Å²) in [6.45, 7) is 12.6. The SMILES string of the molecule is CNC(c1ccccc1)C(C(C)C)N(C)CC(C)(C)C. The van der Waals surface area contributed by atoms with E-state index in [1.165, 1.54) is 5.56 Å². The molecule has 0 aliphatic carbocycles. The van der Waals surface area contributed by atoms with Crippen LogP contribution in [0.2, 0.25) is 0 Å². The van der Waals surface area contributed by atoms with Crippen molar-refractivity contribution in [2.75, 3.05) is 20.6 Å². The molecule has 0 aliphatic heterocycles. The number of benzene rings is 1. The Hall–Kier alpha value is -0.860. The first-order valence-corrected chi connectivity index (χ1v) is 7.68. The predicted molar refractivity (Wildman–Crippen MR) is 89.0 cm³/mol. The molecule has 114 valence electrons. The van der Waals surface area contributed by atoms with Crippen LogP contribution in [0.1, 0.15) is 46.2 Å². The van der Waals surface area contributed by atoms with E-state index in [1.54, 1.807) is 0 Å². The number of nitrogens with zero attached hydrogens (tertiary/aromatic N) is 1. The van der Waals surface area contributed by atoms with Crippen molar-refractivity contribution in [3.05, 3.63) is 35.9 Å².